The Morgan fingerprint density at radius 2 is 1.05 bits per heavy atom. The summed E-state index contributed by atoms with van der Waals surface area (Å²) in [4.78, 5) is 15.4. The van der Waals surface area contributed by atoms with E-state index in [0.29, 0.717) is 0 Å². The summed E-state index contributed by atoms with van der Waals surface area (Å²) in [6, 6.07) is 66.3. The highest BCUT2D eigenvalue weighted by Crippen LogP contribution is 2.48. The molecule has 8 aromatic carbocycles. The molecule has 3 aromatic heterocycles. The van der Waals surface area contributed by atoms with Crippen LogP contribution in [0.1, 0.15) is 22.3 Å². The number of rotatable bonds is 5. The number of pyridine rings is 1. The lowest BCUT2D eigenvalue weighted by molar-refractivity contribution is 1.08. The molecule has 0 bridgehead atoms. The molecule has 65 heavy (non-hydrogen) atoms. The van der Waals surface area contributed by atoms with Gasteiger partial charge in [0.05, 0.1) is 33.4 Å². The zero-order valence-corrected chi connectivity index (χ0v) is 36.7. The van der Waals surface area contributed by atoms with Gasteiger partial charge < -0.3 is 9.80 Å². The summed E-state index contributed by atoms with van der Waals surface area (Å²) in [6.45, 7) is 8.86. The van der Waals surface area contributed by atoms with Crippen LogP contribution >= 0.6 is 0 Å². The Hall–Kier alpha value is -8.16. The normalized spacial score (nSPS) is 12.8. The minimum atomic E-state index is -0.124. The molecule has 0 radical (unpaired) electrons. The van der Waals surface area contributed by atoms with Crippen molar-refractivity contribution >= 4 is 90.1 Å². The predicted molar refractivity (Wildman–Crippen MR) is 272 cm³/mol. The van der Waals surface area contributed by atoms with Crippen molar-refractivity contribution in [3.63, 3.8) is 0 Å². The SMILES string of the molecule is Cc1cccc(C)c1N1c2ccc(-c3nc4ccccc4n3-c3ccccc3)cc2B2c3cc4c(cc3N(c3c(C)cccc3C)c3cccc1c32)c1ccccc1n4-c1ccccn1. The molecule has 2 aliphatic heterocycles. The molecule has 0 atom stereocenters. The number of hydrogen-bond acceptors (Lipinski definition) is 4. The molecule has 0 saturated heterocycles. The molecule has 11 aromatic rings. The zero-order chi connectivity index (χ0) is 43.5. The second kappa shape index (κ2) is 14.2. The number of aryl methyl sites for hydroxylation is 4. The van der Waals surface area contributed by atoms with Gasteiger partial charge in [0, 0.05) is 51.0 Å². The van der Waals surface area contributed by atoms with Gasteiger partial charge in [-0.3, -0.25) is 9.13 Å². The molecule has 5 heterocycles. The number of para-hydroxylation sites is 6. The van der Waals surface area contributed by atoms with Gasteiger partial charge in [-0.15, -0.1) is 0 Å². The molecule has 0 spiro atoms. The smallest absolute Gasteiger partial charge is 0.252 e. The Morgan fingerprint density at radius 1 is 0.431 bits per heavy atom. The van der Waals surface area contributed by atoms with Crippen LogP contribution in [0.5, 0.6) is 0 Å². The third-order valence-electron chi connectivity index (χ3n) is 13.8. The van der Waals surface area contributed by atoms with Crippen LogP contribution in [0.3, 0.4) is 0 Å². The Kier molecular flexibility index (Phi) is 8.16. The average molecular weight is 835 g/mol. The quantitative estimate of drug-likeness (QED) is 0.162. The first-order valence-corrected chi connectivity index (χ1v) is 22.5. The molecule has 0 aliphatic carbocycles. The van der Waals surface area contributed by atoms with Gasteiger partial charge >= 0.3 is 0 Å². The van der Waals surface area contributed by atoms with Crippen LogP contribution in [0.15, 0.2) is 188 Å². The maximum Gasteiger partial charge on any atom is 0.252 e. The molecule has 0 unspecified atom stereocenters. The molecule has 0 amide bonds. The third kappa shape index (κ3) is 5.42. The van der Waals surface area contributed by atoms with E-state index < -0.39 is 0 Å². The highest BCUT2D eigenvalue weighted by molar-refractivity contribution is 7.00. The van der Waals surface area contributed by atoms with Gasteiger partial charge in [-0.1, -0.05) is 103 Å². The van der Waals surface area contributed by atoms with E-state index in [-0.39, 0.29) is 6.71 Å². The van der Waals surface area contributed by atoms with Crippen molar-refractivity contribution < 1.29 is 0 Å². The Labute approximate surface area is 378 Å². The summed E-state index contributed by atoms with van der Waals surface area (Å²) in [6.07, 6.45) is 1.89. The number of nitrogens with zero attached hydrogens (tertiary/aromatic N) is 6. The number of benzene rings is 8. The van der Waals surface area contributed by atoms with Crippen LogP contribution < -0.4 is 26.2 Å². The molecule has 6 nitrogen and oxygen atoms in total. The minimum absolute atomic E-state index is 0.124. The predicted octanol–water partition coefficient (Wildman–Crippen LogP) is 12.5. The Morgan fingerprint density at radius 3 is 1.75 bits per heavy atom. The Balaban J connectivity index is 1.17. The van der Waals surface area contributed by atoms with Crippen LogP contribution in [0.25, 0.3) is 55.7 Å². The topological polar surface area (TPSA) is 42.1 Å². The fraction of sp³-hybridized carbons (Fsp3) is 0.0690. The monoisotopic (exact) mass is 834 g/mol. The van der Waals surface area contributed by atoms with E-state index in [0.717, 1.165) is 45.0 Å². The molecular weight excluding hydrogens is 791 g/mol. The lowest BCUT2D eigenvalue weighted by atomic mass is 9.33. The summed E-state index contributed by atoms with van der Waals surface area (Å²) in [5.41, 5.74) is 22.3. The van der Waals surface area contributed by atoms with E-state index in [1.54, 1.807) is 0 Å². The summed E-state index contributed by atoms with van der Waals surface area (Å²) >= 11 is 0. The number of hydrogen-bond donors (Lipinski definition) is 0. The standard InChI is InChI=1S/C58H43BN6/c1-36-17-14-18-37(2)56(36)64-48-31-30-40(58-61-46-24-9-11-26-49(46)62(58)41-21-6-5-7-22-41)33-44(48)59-45-35-52-43(42-23-8-10-25-47(42)63(52)54-29-12-13-32-60-54)34-53(45)65(51-28-16-27-50(64)55(51)59)57-38(3)19-15-20-39(57)4/h5-35H,1-4H3. The van der Waals surface area contributed by atoms with Gasteiger partial charge in [-0.05, 0) is 145 Å². The van der Waals surface area contributed by atoms with Crippen LogP contribution in [-0.2, 0) is 0 Å². The molecule has 2 aliphatic rings. The van der Waals surface area contributed by atoms with Gasteiger partial charge in [0.2, 0.25) is 0 Å². The summed E-state index contributed by atoms with van der Waals surface area (Å²) in [5, 5.41) is 2.39. The van der Waals surface area contributed by atoms with E-state index in [1.807, 2.05) is 12.3 Å². The Bertz CT molecular complexity index is 3700. The summed E-state index contributed by atoms with van der Waals surface area (Å²) in [5.74, 6) is 1.81. The van der Waals surface area contributed by atoms with Crippen molar-refractivity contribution in [1.82, 2.24) is 19.1 Å². The van der Waals surface area contributed by atoms with Crippen molar-refractivity contribution in [3.8, 4) is 22.9 Å². The molecule has 13 rings (SSSR count). The second-order valence-electron chi connectivity index (χ2n) is 17.6. The fourth-order valence-electron chi connectivity index (χ4n) is 11.1. The van der Waals surface area contributed by atoms with Gasteiger partial charge in [0.25, 0.3) is 6.71 Å². The van der Waals surface area contributed by atoms with Crippen molar-refractivity contribution in [2.45, 2.75) is 27.7 Å². The first-order valence-electron chi connectivity index (χ1n) is 22.5. The first-order chi connectivity index (χ1) is 31.9. The number of aromatic nitrogens is 4. The van der Waals surface area contributed by atoms with Gasteiger partial charge in [-0.2, -0.15) is 0 Å². The molecule has 0 saturated carbocycles. The maximum absolute atomic E-state index is 5.40. The highest BCUT2D eigenvalue weighted by atomic mass is 15.2. The zero-order valence-electron chi connectivity index (χ0n) is 36.7. The van der Waals surface area contributed by atoms with Crippen molar-refractivity contribution in [2.24, 2.45) is 0 Å². The van der Waals surface area contributed by atoms with Crippen molar-refractivity contribution in [2.75, 3.05) is 9.80 Å². The summed E-state index contributed by atoms with van der Waals surface area (Å²) in [7, 11) is 0. The van der Waals surface area contributed by atoms with Gasteiger partial charge in [0.15, 0.2) is 0 Å². The van der Waals surface area contributed by atoms with E-state index in [1.165, 1.54) is 83.5 Å². The van der Waals surface area contributed by atoms with Crippen LogP contribution in [0, 0.1) is 27.7 Å². The lowest BCUT2D eigenvalue weighted by Gasteiger charge is -2.45. The first kappa shape index (κ1) is 37.4. The van der Waals surface area contributed by atoms with E-state index >= 15 is 0 Å². The number of fused-ring (bicyclic) bond motifs is 8. The van der Waals surface area contributed by atoms with Crippen LogP contribution in [0.2, 0.25) is 0 Å². The van der Waals surface area contributed by atoms with E-state index in [4.69, 9.17) is 9.97 Å². The number of anilines is 6. The lowest BCUT2D eigenvalue weighted by Crippen LogP contribution is -2.61. The minimum Gasteiger partial charge on any atom is -0.311 e. The van der Waals surface area contributed by atoms with Crippen molar-refractivity contribution in [3.05, 3.63) is 210 Å². The molecule has 308 valence electrons. The highest BCUT2D eigenvalue weighted by Gasteiger charge is 2.44. The van der Waals surface area contributed by atoms with Crippen LogP contribution in [-0.4, -0.2) is 25.8 Å². The fourth-order valence-corrected chi connectivity index (χ4v) is 11.1. The molecule has 7 heteroatoms. The largest absolute Gasteiger partial charge is 0.311 e. The third-order valence-corrected chi connectivity index (χ3v) is 13.8. The molecule has 0 fully saturated rings. The van der Waals surface area contributed by atoms with Crippen molar-refractivity contribution in [1.29, 1.82) is 0 Å². The maximum atomic E-state index is 5.40. The van der Waals surface area contributed by atoms with Crippen LogP contribution in [0.4, 0.5) is 34.1 Å². The summed E-state index contributed by atoms with van der Waals surface area (Å²) < 4.78 is 4.66. The van der Waals surface area contributed by atoms with Gasteiger partial charge in [0.1, 0.15) is 11.6 Å². The van der Waals surface area contributed by atoms with Gasteiger partial charge in [-0.25, -0.2) is 9.97 Å². The average Bonchev–Trinajstić information content (AvgIpc) is 3.88. The van der Waals surface area contributed by atoms with E-state index in [9.17, 15) is 0 Å². The molecular formula is C58H43BN6. The second-order valence-corrected chi connectivity index (χ2v) is 17.6. The molecule has 0 N–H and O–H groups in total. The van der Waals surface area contributed by atoms with E-state index in [2.05, 4.69) is 223 Å². The number of imidazole rings is 1.